The summed E-state index contributed by atoms with van der Waals surface area (Å²) in [5, 5.41) is 10.4. The van der Waals surface area contributed by atoms with E-state index in [4.69, 9.17) is 0 Å². The molecule has 1 fully saturated rings. The molecule has 4 heteroatoms. The Morgan fingerprint density at radius 3 is 2.56 bits per heavy atom. The Morgan fingerprint density at radius 2 is 2.00 bits per heavy atom. The second-order valence-electron chi connectivity index (χ2n) is 5.23. The Morgan fingerprint density at radius 1 is 1.28 bits per heavy atom. The second-order valence-corrected chi connectivity index (χ2v) is 6.52. The maximum absolute atomic E-state index is 9.27. The zero-order valence-corrected chi connectivity index (χ0v) is 12.3. The van der Waals surface area contributed by atoms with Crippen molar-refractivity contribution in [3.63, 3.8) is 0 Å². The maximum Gasteiger partial charge on any atom is 0.0900 e. The molecule has 0 atom stereocenters. The molecule has 1 aromatic rings. The molecule has 1 N–H and O–H groups in total. The fraction of sp³-hybridized carbons (Fsp3) is 0.786. The van der Waals surface area contributed by atoms with Gasteiger partial charge in [0.2, 0.25) is 0 Å². The van der Waals surface area contributed by atoms with Gasteiger partial charge in [-0.15, -0.1) is 11.3 Å². The fourth-order valence-electron chi connectivity index (χ4n) is 2.87. The number of nitrogens with zero attached hydrogens (tertiary/aromatic N) is 2. The maximum atomic E-state index is 9.27. The van der Waals surface area contributed by atoms with Gasteiger partial charge in [0.05, 0.1) is 17.3 Å². The highest BCUT2D eigenvalue weighted by Crippen LogP contribution is 2.26. The molecule has 0 saturated heterocycles. The second kappa shape index (κ2) is 6.64. The normalized spacial score (nSPS) is 17.6. The third-order valence-corrected chi connectivity index (χ3v) is 4.88. The molecule has 1 aliphatic carbocycles. The van der Waals surface area contributed by atoms with E-state index in [1.54, 1.807) is 11.3 Å². The average molecular weight is 268 g/mol. The summed E-state index contributed by atoms with van der Waals surface area (Å²) in [5.74, 6) is 0. The van der Waals surface area contributed by atoms with Gasteiger partial charge in [-0.05, 0) is 26.7 Å². The van der Waals surface area contributed by atoms with Crippen molar-refractivity contribution >= 4 is 11.3 Å². The monoisotopic (exact) mass is 268 g/mol. The van der Waals surface area contributed by atoms with Crippen molar-refractivity contribution in [3.8, 4) is 0 Å². The Labute approximate surface area is 114 Å². The van der Waals surface area contributed by atoms with Crippen LogP contribution in [0.25, 0.3) is 0 Å². The summed E-state index contributed by atoms with van der Waals surface area (Å²) in [7, 11) is 0. The van der Waals surface area contributed by atoms with Gasteiger partial charge < -0.3 is 5.11 Å². The van der Waals surface area contributed by atoms with Crippen molar-refractivity contribution in [2.45, 2.75) is 58.5 Å². The third kappa shape index (κ3) is 3.53. The molecule has 1 heterocycles. The Kier molecular flexibility index (Phi) is 5.15. The van der Waals surface area contributed by atoms with Crippen molar-refractivity contribution in [1.29, 1.82) is 0 Å². The van der Waals surface area contributed by atoms with Crippen LogP contribution in [0.15, 0.2) is 0 Å². The van der Waals surface area contributed by atoms with Crippen LogP contribution in [0, 0.1) is 13.8 Å². The van der Waals surface area contributed by atoms with Gasteiger partial charge in [-0.1, -0.05) is 19.3 Å². The van der Waals surface area contributed by atoms with E-state index in [1.807, 2.05) is 0 Å². The predicted molar refractivity (Wildman–Crippen MR) is 76.0 cm³/mol. The van der Waals surface area contributed by atoms with Gasteiger partial charge in [-0.25, -0.2) is 4.98 Å². The highest BCUT2D eigenvalue weighted by molar-refractivity contribution is 7.11. The average Bonchev–Trinajstić information content (AvgIpc) is 2.68. The molecule has 0 amide bonds. The van der Waals surface area contributed by atoms with Gasteiger partial charge in [0.25, 0.3) is 0 Å². The number of hydrogen-bond donors (Lipinski definition) is 1. The molecule has 1 aromatic heterocycles. The van der Waals surface area contributed by atoms with E-state index in [0.29, 0.717) is 6.04 Å². The van der Waals surface area contributed by atoms with E-state index in [1.165, 1.54) is 37.0 Å². The molecule has 3 nitrogen and oxygen atoms in total. The lowest BCUT2D eigenvalue weighted by Crippen LogP contribution is -2.38. The van der Waals surface area contributed by atoms with Crippen LogP contribution < -0.4 is 0 Å². The number of aromatic nitrogens is 1. The highest BCUT2D eigenvalue weighted by atomic mass is 32.1. The molecule has 0 radical (unpaired) electrons. The van der Waals surface area contributed by atoms with Crippen LogP contribution >= 0.6 is 11.3 Å². The number of aliphatic hydroxyl groups excluding tert-OH is 1. The van der Waals surface area contributed by atoms with E-state index >= 15 is 0 Å². The Hall–Kier alpha value is -0.450. The van der Waals surface area contributed by atoms with Gasteiger partial charge >= 0.3 is 0 Å². The number of hydrogen-bond acceptors (Lipinski definition) is 4. The lowest BCUT2D eigenvalue weighted by atomic mass is 9.94. The summed E-state index contributed by atoms with van der Waals surface area (Å²) in [5.41, 5.74) is 1.16. The van der Waals surface area contributed by atoms with Crippen molar-refractivity contribution < 1.29 is 5.11 Å². The van der Waals surface area contributed by atoms with E-state index in [2.05, 4.69) is 23.7 Å². The van der Waals surface area contributed by atoms with Gasteiger partial charge in [-0.2, -0.15) is 0 Å². The molecular weight excluding hydrogens is 244 g/mol. The van der Waals surface area contributed by atoms with Crippen LogP contribution in [0.2, 0.25) is 0 Å². The van der Waals surface area contributed by atoms with Crippen LogP contribution in [0.4, 0.5) is 0 Å². The largest absolute Gasteiger partial charge is 0.395 e. The van der Waals surface area contributed by atoms with Gasteiger partial charge in [-0.3, -0.25) is 4.90 Å². The Bertz CT molecular complexity index is 372. The lowest BCUT2D eigenvalue weighted by Gasteiger charge is -2.33. The fourth-order valence-corrected chi connectivity index (χ4v) is 3.83. The van der Waals surface area contributed by atoms with E-state index < -0.39 is 0 Å². The first kappa shape index (κ1) is 14.0. The molecule has 102 valence electrons. The number of aliphatic hydroxyl groups is 1. The first-order chi connectivity index (χ1) is 8.70. The third-order valence-electron chi connectivity index (χ3n) is 3.82. The Balaban J connectivity index is 2.02. The molecule has 1 aliphatic rings. The minimum atomic E-state index is 0.257. The summed E-state index contributed by atoms with van der Waals surface area (Å²) in [6, 6.07) is 0.660. The van der Waals surface area contributed by atoms with Crippen molar-refractivity contribution in [2.75, 3.05) is 13.2 Å². The predicted octanol–water partition coefficient (Wildman–Crippen LogP) is 2.89. The van der Waals surface area contributed by atoms with Gasteiger partial charge in [0, 0.05) is 24.0 Å². The van der Waals surface area contributed by atoms with Gasteiger partial charge in [0.15, 0.2) is 0 Å². The van der Waals surface area contributed by atoms with Crippen LogP contribution in [0.5, 0.6) is 0 Å². The SMILES string of the molecule is Cc1nc(C)c(CN(CCO)C2CCCCC2)s1. The van der Waals surface area contributed by atoms with Crippen LogP contribution in [0.1, 0.15) is 47.7 Å². The molecule has 0 aliphatic heterocycles. The minimum Gasteiger partial charge on any atom is -0.395 e. The van der Waals surface area contributed by atoms with Crippen molar-refractivity contribution in [2.24, 2.45) is 0 Å². The first-order valence-corrected chi connectivity index (χ1v) is 7.80. The molecule has 0 spiro atoms. The summed E-state index contributed by atoms with van der Waals surface area (Å²) >= 11 is 1.80. The molecule has 18 heavy (non-hydrogen) atoms. The summed E-state index contributed by atoms with van der Waals surface area (Å²) < 4.78 is 0. The zero-order chi connectivity index (χ0) is 13.0. The van der Waals surface area contributed by atoms with E-state index in [-0.39, 0.29) is 6.61 Å². The number of rotatable bonds is 5. The lowest BCUT2D eigenvalue weighted by molar-refractivity contribution is 0.118. The van der Waals surface area contributed by atoms with Gasteiger partial charge in [0.1, 0.15) is 0 Å². The first-order valence-electron chi connectivity index (χ1n) is 6.98. The van der Waals surface area contributed by atoms with Crippen molar-refractivity contribution in [3.05, 3.63) is 15.6 Å². The van der Waals surface area contributed by atoms with Crippen LogP contribution in [-0.4, -0.2) is 34.2 Å². The molecular formula is C14H24N2OS. The zero-order valence-electron chi connectivity index (χ0n) is 11.5. The smallest absolute Gasteiger partial charge is 0.0900 e. The van der Waals surface area contributed by atoms with E-state index in [9.17, 15) is 5.11 Å². The van der Waals surface area contributed by atoms with E-state index in [0.717, 1.165) is 23.8 Å². The van der Waals surface area contributed by atoms with Crippen molar-refractivity contribution in [1.82, 2.24) is 9.88 Å². The summed E-state index contributed by atoms with van der Waals surface area (Å²) in [4.78, 5) is 8.32. The molecule has 0 bridgehead atoms. The standard InChI is InChI=1S/C14H24N2OS/c1-11-14(18-12(2)15-11)10-16(8-9-17)13-6-4-3-5-7-13/h13,17H,3-10H2,1-2H3. The molecule has 0 unspecified atom stereocenters. The quantitative estimate of drug-likeness (QED) is 0.892. The highest BCUT2D eigenvalue weighted by Gasteiger charge is 2.22. The number of aryl methyl sites for hydroxylation is 2. The summed E-state index contributed by atoms with van der Waals surface area (Å²) in [6.45, 7) is 6.17. The number of thiazole rings is 1. The molecule has 1 saturated carbocycles. The topological polar surface area (TPSA) is 36.4 Å². The van der Waals surface area contributed by atoms with Crippen LogP contribution in [0.3, 0.4) is 0 Å². The molecule has 0 aromatic carbocycles. The minimum absolute atomic E-state index is 0.257. The molecule has 2 rings (SSSR count). The summed E-state index contributed by atoms with van der Waals surface area (Å²) in [6.07, 6.45) is 6.64. The van der Waals surface area contributed by atoms with Crippen LogP contribution in [-0.2, 0) is 6.54 Å².